The van der Waals surface area contributed by atoms with Gasteiger partial charge in [-0.3, -0.25) is 9.69 Å². The summed E-state index contributed by atoms with van der Waals surface area (Å²) in [6, 6.07) is 6.46. The molecule has 0 spiro atoms. The van der Waals surface area contributed by atoms with Crippen molar-refractivity contribution in [2.24, 2.45) is 0 Å². The Morgan fingerprint density at radius 3 is 2.64 bits per heavy atom. The van der Waals surface area contributed by atoms with Gasteiger partial charge in [-0.05, 0) is 37.1 Å². The molecular formula is C17H26N2O3. The Morgan fingerprint density at radius 1 is 1.27 bits per heavy atom. The summed E-state index contributed by atoms with van der Waals surface area (Å²) in [7, 11) is 6.91. The highest BCUT2D eigenvalue weighted by Crippen LogP contribution is 2.36. The molecule has 0 unspecified atom stereocenters. The van der Waals surface area contributed by atoms with Crippen molar-refractivity contribution in [1.29, 1.82) is 0 Å². The first kappa shape index (κ1) is 16.6. The number of rotatable bonds is 6. The van der Waals surface area contributed by atoms with Gasteiger partial charge >= 0.3 is 0 Å². The molecule has 1 aromatic carbocycles. The minimum Gasteiger partial charge on any atom is -0.493 e. The van der Waals surface area contributed by atoms with Gasteiger partial charge in [-0.1, -0.05) is 6.07 Å². The molecule has 1 aromatic rings. The van der Waals surface area contributed by atoms with E-state index in [4.69, 9.17) is 9.47 Å². The maximum Gasteiger partial charge on any atom is 0.223 e. The van der Waals surface area contributed by atoms with Crippen molar-refractivity contribution in [2.45, 2.75) is 25.3 Å². The van der Waals surface area contributed by atoms with E-state index in [1.807, 2.05) is 6.07 Å². The lowest BCUT2D eigenvalue weighted by Crippen LogP contribution is -2.30. The van der Waals surface area contributed by atoms with E-state index < -0.39 is 0 Å². The van der Waals surface area contributed by atoms with Crippen LogP contribution in [0.2, 0.25) is 0 Å². The summed E-state index contributed by atoms with van der Waals surface area (Å²) in [5.41, 5.74) is 1.23. The lowest BCUT2D eigenvalue weighted by molar-refractivity contribution is -0.129. The predicted molar refractivity (Wildman–Crippen MR) is 86.4 cm³/mol. The Bertz CT molecular complexity index is 517. The summed E-state index contributed by atoms with van der Waals surface area (Å²) in [6.45, 7) is 1.84. The van der Waals surface area contributed by atoms with Crippen LogP contribution in [0, 0.1) is 0 Å². The molecule has 1 atom stereocenters. The highest BCUT2D eigenvalue weighted by Gasteiger charge is 2.27. The zero-order valence-electron chi connectivity index (χ0n) is 14.0. The smallest absolute Gasteiger partial charge is 0.223 e. The van der Waals surface area contributed by atoms with Crippen LogP contribution < -0.4 is 9.47 Å². The summed E-state index contributed by atoms with van der Waals surface area (Å²) in [6.07, 6.45) is 2.84. The number of hydrogen-bond acceptors (Lipinski definition) is 4. The molecule has 0 radical (unpaired) electrons. The van der Waals surface area contributed by atoms with Crippen LogP contribution in [0.1, 0.15) is 30.9 Å². The summed E-state index contributed by atoms with van der Waals surface area (Å²) in [5, 5.41) is 0. The molecule has 1 heterocycles. The van der Waals surface area contributed by atoms with Crippen molar-refractivity contribution in [2.75, 3.05) is 41.4 Å². The number of benzene rings is 1. The van der Waals surface area contributed by atoms with E-state index in [1.54, 1.807) is 33.2 Å². The summed E-state index contributed by atoms with van der Waals surface area (Å²) >= 11 is 0. The van der Waals surface area contributed by atoms with Gasteiger partial charge in [0.15, 0.2) is 11.5 Å². The van der Waals surface area contributed by atoms with Crippen molar-refractivity contribution < 1.29 is 14.3 Å². The van der Waals surface area contributed by atoms with Crippen LogP contribution in [-0.2, 0) is 4.79 Å². The second kappa shape index (κ2) is 7.49. The quantitative estimate of drug-likeness (QED) is 0.809. The molecule has 1 amide bonds. The van der Waals surface area contributed by atoms with E-state index in [0.717, 1.165) is 37.4 Å². The average Bonchev–Trinajstić information content (AvgIpc) is 3.00. The first-order valence-corrected chi connectivity index (χ1v) is 7.73. The number of nitrogens with zero attached hydrogens (tertiary/aromatic N) is 2. The molecule has 0 aliphatic carbocycles. The minimum atomic E-state index is 0.179. The van der Waals surface area contributed by atoms with Crippen molar-refractivity contribution in [3.8, 4) is 11.5 Å². The maximum absolute atomic E-state index is 11.8. The van der Waals surface area contributed by atoms with Crippen molar-refractivity contribution >= 4 is 5.91 Å². The molecule has 0 aromatic heterocycles. The Morgan fingerprint density at radius 2 is 2.00 bits per heavy atom. The van der Waals surface area contributed by atoms with Crippen molar-refractivity contribution in [1.82, 2.24) is 9.80 Å². The van der Waals surface area contributed by atoms with E-state index in [2.05, 4.69) is 17.0 Å². The molecule has 2 rings (SSSR count). The molecule has 0 saturated carbocycles. The molecule has 1 saturated heterocycles. The van der Waals surface area contributed by atoms with Crippen molar-refractivity contribution in [3.05, 3.63) is 23.8 Å². The van der Waals surface area contributed by atoms with Crippen LogP contribution in [0.4, 0.5) is 0 Å². The molecule has 1 fully saturated rings. The summed E-state index contributed by atoms with van der Waals surface area (Å²) < 4.78 is 10.7. The van der Waals surface area contributed by atoms with E-state index in [0.29, 0.717) is 12.5 Å². The number of likely N-dealkylation sites (tertiary alicyclic amines) is 1. The molecule has 5 heteroatoms. The third-order valence-electron chi connectivity index (χ3n) is 4.27. The molecular weight excluding hydrogens is 280 g/mol. The molecule has 0 N–H and O–H groups in total. The predicted octanol–water partition coefficient (Wildman–Crippen LogP) is 2.32. The van der Waals surface area contributed by atoms with Gasteiger partial charge in [-0.15, -0.1) is 0 Å². The van der Waals surface area contributed by atoms with Gasteiger partial charge in [0, 0.05) is 33.1 Å². The average molecular weight is 306 g/mol. The lowest BCUT2D eigenvalue weighted by Gasteiger charge is -2.25. The maximum atomic E-state index is 11.8. The standard InChI is InChI=1S/C17H26N2O3/c1-18(2)17(20)9-11-19-10-5-6-14(19)13-7-8-15(21-3)16(12-13)22-4/h7-8,12,14H,5-6,9-11H2,1-4H3/t14-/m0/s1. The van der Waals surface area contributed by atoms with Gasteiger partial charge in [0.25, 0.3) is 0 Å². The zero-order chi connectivity index (χ0) is 16.1. The molecule has 1 aliphatic heterocycles. The topological polar surface area (TPSA) is 42.0 Å². The monoisotopic (exact) mass is 306 g/mol. The number of ether oxygens (including phenoxy) is 2. The molecule has 122 valence electrons. The van der Waals surface area contributed by atoms with Gasteiger partial charge < -0.3 is 14.4 Å². The zero-order valence-corrected chi connectivity index (χ0v) is 14.0. The summed E-state index contributed by atoms with van der Waals surface area (Å²) in [5.74, 6) is 1.69. The number of carbonyl (C=O) groups excluding carboxylic acids is 1. The number of amides is 1. The molecule has 1 aliphatic rings. The van der Waals surface area contributed by atoms with E-state index in [-0.39, 0.29) is 5.91 Å². The minimum absolute atomic E-state index is 0.179. The SMILES string of the molecule is COc1ccc([C@@H]2CCCN2CCC(=O)N(C)C)cc1OC. The van der Waals surface area contributed by atoms with Gasteiger partial charge in [0.1, 0.15) is 0 Å². The van der Waals surface area contributed by atoms with Crippen LogP contribution in [-0.4, -0.2) is 57.1 Å². The molecule has 0 bridgehead atoms. The molecule has 5 nitrogen and oxygen atoms in total. The van der Waals surface area contributed by atoms with Crippen LogP contribution in [0.3, 0.4) is 0 Å². The first-order valence-electron chi connectivity index (χ1n) is 7.73. The lowest BCUT2D eigenvalue weighted by atomic mass is 10.0. The van der Waals surface area contributed by atoms with Gasteiger partial charge in [0.2, 0.25) is 5.91 Å². The summed E-state index contributed by atoms with van der Waals surface area (Å²) in [4.78, 5) is 15.8. The van der Waals surface area contributed by atoms with Gasteiger partial charge in [-0.25, -0.2) is 0 Å². The third-order valence-corrected chi connectivity index (χ3v) is 4.27. The Labute approximate surface area is 132 Å². The van der Waals surface area contributed by atoms with Gasteiger partial charge in [-0.2, -0.15) is 0 Å². The van der Waals surface area contributed by atoms with E-state index >= 15 is 0 Å². The van der Waals surface area contributed by atoms with E-state index in [1.165, 1.54) is 5.56 Å². The van der Waals surface area contributed by atoms with Crippen LogP contribution in [0.15, 0.2) is 18.2 Å². The largest absolute Gasteiger partial charge is 0.493 e. The van der Waals surface area contributed by atoms with Crippen LogP contribution >= 0.6 is 0 Å². The number of hydrogen-bond donors (Lipinski definition) is 0. The fourth-order valence-electron chi connectivity index (χ4n) is 2.99. The Kier molecular flexibility index (Phi) is 5.66. The van der Waals surface area contributed by atoms with Gasteiger partial charge in [0.05, 0.1) is 14.2 Å². The fourth-order valence-corrected chi connectivity index (χ4v) is 2.99. The third kappa shape index (κ3) is 3.71. The first-order chi connectivity index (χ1) is 10.6. The molecule has 22 heavy (non-hydrogen) atoms. The van der Waals surface area contributed by atoms with Crippen LogP contribution in [0.5, 0.6) is 11.5 Å². The Balaban J connectivity index is 2.08. The highest BCUT2D eigenvalue weighted by atomic mass is 16.5. The van der Waals surface area contributed by atoms with E-state index in [9.17, 15) is 4.79 Å². The number of carbonyl (C=O) groups is 1. The second-order valence-corrected chi connectivity index (χ2v) is 5.85. The Hall–Kier alpha value is -1.75. The van der Waals surface area contributed by atoms with Crippen molar-refractivity contribution in [3.63, 3.8) is 0 Å². The fraction of sp³-hybridized carbons (Fsp3) is 0.588. The number of methoxy groups -OCH3 is 2. The van der Waals surface area contributed by atoms with Crippen LogP contribution in [0.25, 0.3) is 0 Å². The normalized spacial score (nSPS) is 18.3. The highest BCUT2D eigenvalue weighted by molar-refractivity contribution is 5.75. The second-order valence-electron chi connectivity index (χ2n) is 5.85.